The molecular formula is C20H22Cl2N6O. The van der Waals surface area contributed by atoms with Crippen LogP contribution in [-0.2, 0) is 17.8 Å². The summed E-state index contributed by atoms with van der Waals surface area (Å²) in [5.74, 6) is -0.207. The first-order valence-electron chi connectivity index (χ1n) is 9.79. The Labute approximate surface area is 179 Å². The summed E-state index contributed by atoms with van der Waals surface area (Å²) in [7, 11) is 0. The van der Waals surface area contributed by atoms with E-state index in [0.717, 1.165) is 24.1 Å². The lowest BCUT2D eigenvalue weighted by atomic mass is 9.94. The van der Waals surface area contributed by atoms with E-state index in [4.69, 9.17) is 23.2 Å². The Morgan fingerprint density at radius 3 is 2.76 bits per heavy atom. The number of nitriles is 1. The van der Waals surface area contributed by atoms with Crippen molar-refractivity contribution in [2.75, 3.05) is 0 Å². The van der Waals surface area contributed by atoms with Crippen molar-refractivity contribution in [2.24, 2.45) is 0 Å². The highest BCUT2D eigenvalue weighted by molar-refractivity contribution is 6.42. The molecule has 0 saturated heterocycles. The highest BCUT2D eigenvalue weighted by Crippen LogP contribution is 2.34. The smallest absolute Gasteiger partial charge is 0.238 e. The first-order valence-corrected chi connectivity index (χ1v) is 10.5. The van der Waals surface area contributed by atoms with E-state index in [9.17, 15) is 10.1 Å². The summed E-state index contributed by atoms with van der Waals surface area (Å²) < 4.78 is 0. The van der Waals surface area contributed by atoms with Crippen LogP contribution in [-0.4, -0.2) is 32.5 Å². The topological polar surface area (TPSA) is 95.6 Å². The minimum Gasteiger partial charge on any atom is -0.336 e. The normalized spacial score (nSPS) is 18.5. The van der Waals surface area contributed by atoms with Crippen molar-refractivity contribution in [3.63, 3.8) is 0 Å². The summed E-state index contributed by atoms with van der Waals surface area (Å²) in [6.07, 6.45) is 6.96. The van der Waals surface area contributed by atoms with Crippen molar-refractivity contribution >= 4 is 29.1 Å². The van der Waals surface area contributed by atoms with E-state index >= 15 is 0 Å². The number of rotatable bonds is 8. The summed E-state index contributed by atoms with van der Waals surface area (Å²) in [6, 6.07) is 7.38. The van der Waals surface area contributed by atoms with Gasteiger partial charge in [-0.1, -0.05) is 29.3 Å². The number of carbonyl (C=O) groups excluding carboxylic acids is 1. The highest BCUT2D eigenvalue weighted by Gasteiger charge is 2.45. The second-order valence-corrected chi connectivity index (χ2v) is 8.62. The van der Waals surface area contributed by atoms with Crippen LogP contribution in [0.4, 0.5) is 0 Å². The van der Waals surface area contributed by atoms with Gasteiger partial charge in [-0.3, -0.25) is 10.1 Å². The van der Waals surface area contributed by atoms with Crippen LogP contribution in [0, 0.1) is 11.3 Å². The number of carbonyl (C=O) groups is 1. The van der Waals surface area contributed by atoms with Crippen molar-refractivity contribution < 1.29 is 4.79 Å². The maximum absolute atomic E-state index is 12.9. The molecule has 1 heterocycles. The predicted molar refractivity (Wildman–Crippen MR) is 109 cm³/mol. The molecule has 2 aliphatic rings. The molecule has 2 N–H and O–H groups in total. The van der Waals surface area contributed by atoms with Gasteiger partial charge in [0.25, 0.3) is 0 Å². The Kier molecular flexibility index (Phi) is 5.77. The molecule has 7 nitrogen and oxygen atoms in total. The Balaban J connectivity index is 1.44. The molecule has 1 aromatic heterocycles. The molecule has 1 aromatic carbocycles. The summed E-state index contributed by atoms with van der Waals surface area (Å²) in [5.41, 5.74) is 0.944. The van der Waals surface area contributed by atoms with Crippen LogP contribution >= 0.6 is 23.2 Å². The van der Waals surface area contributed by atoms with Gasteiger partial charge >= 0.3 is 0 Å². The number of aromatic nitrogens is 3. The molecule has 2 fully saturated rings. The molecule has 4 rings (SSSR count). The molecule has 0 spiro atoms. The number of halogens is 2. The lowest BCUT2D eigenvalue weighted by molar-refractivity contribution is -0.123. The van der Waals surface area contributed by atoms with Crippen molar-refractivity contribution in [1.82, 2.24) is 25.6 Å². The van der Waals surface area contributed by atoms with E-state index in [1.54, 1.807) is 23.1 Å². The Morgan fingerprint density at radius 2 is 2.14 bits per heavy atom. The monoisotopic (exact) mass is 432 g/mol. The number of amides is 1. The quantitative estimate of drug-likeness (QED) is 0.667. The zero-order valence-corrected chi connectivity index (χ0v) is 17.4. The third-order valence-electron chi connectivity index (χ3n) is 5.55. The SMILES string of the molecule is N#CC1(NC(=O)[C@H](Cc2ccc(Cl)c(Cl)c2)NCc2cnn(C3CCC3)n2)CC1. The molecule has 29 heavy (non-hydrogen) atoms. The van der Waals surface area contributed by atoms with Gasteiger partial charge in [0.2, 0.25) is 5.91 Å². The molecule has 0 aliphatic heterocycles. The van der Waals surface area contributed by atoms with Gasteiger partial charge in [0, 0.05) is 6.54 Å². The third-order valence-corrected chi connectivity index (χ3v) is 6.29. The largest absolute Gasteiger partial charge is 0.336 e. The Morgan fingerprint density at radius 1 is 1.34 bits per heavy atom. The molecule has 1 amide bonds. The van der Waals surface area contributed by atoms with Gasteiger partial charge in [0.05, 0.1) is 40.1 Å². The van der Waals surface area contributed by atoms with Gasteiger partial charge in [-0.15, -0.1) is 0 Å². The van der Waals surface area contributed by atoms with E-state index in [2.05, 4.69) is 26.9 Å². The molecule has 9 heteroatoms. The minimum absolute atomic E-state index is 0.207. The molecule has 1 atom stereocenters. The van der Waals surface area contributed by atoms with E-state index in [-0.39, 0.29) is 5.91 Å². The second kappa shape index (κ2) is 8.31. The fraction of sp³-hybridized carbons (Fsp3) is 0.500. The van der Waals surface area contributed by atoms with Gasteiger partial charge in [0.1, 0.15) is 5.54 Å². The fourth-order valence-corrected chi connectivity index (χ4v) is 3.60. The van der Waals surface area contributed by atoms with Crippen molar-refractivity contribution in [2.45, 2.75) is 62.7 Å². The second-order valence-electron chi connectivity index (χ2n) is 7.81. The number of hydrogen-bond donors (Lipinski definition) is 2. The Bertz CT molecular complexity index is 945. The van der Waals surface area contributed by atoms with E-state index in [1.807, 2.05) is 6.07 Å². The van der Waals surface area contributed by atoms with Crippen LogP contribution in [0.1, 0.15) is 49.4 Å². The summed E-state index contributed by atoms with van der Waals surface area (Å²) in [5, 5.41) is 25.2. The lowest BCUT2D eigenvalue weighted by Gasteiger charge is -2.23. The third kappa shape index (κ3) is 4.72. The van der Waals surface area contributed by atoms with Crippen molar-refractivity contribution in [3.05, 3.63) is 45.7 Å². The maximum atomic E-state index is 12.9. The summed E-state index contributed by atoms with van der Waals surface area (Å²) in [6.45, 7) is 0.408. The van der Waals surface area contributed by atoms with Crippen LogP contribution in [0.25, 0.3) is 0 Å². The summed E-state index contributed by atoms with van der Waals surface area (Å²) >= 11 is 12.1. The van der Waals surface area contributed by atoms with Gasteiger partial charge in [-0.05, 0) is 56.2 Å². The predicted octanol–water partition coefficient (Wildman–Crippen LogP) is 3.18. The molecule has 152 valence electrons. The summed E-state index contributed by atoms with van der Waals surface area (Å²) in [4.78, 5) is 14.6. The molecule has 2 aliphatic carbocycles. The molecule has 2 saturated carbocycles. The van der Waals surface area contributed by atoms with Crippen molar-refractivity contribution in [1.29, 1.82) is 5.26 Å². The average Bonchev–Trinajstić information content (AvgIpc) is 3.29. The van der Waals surface area contributed by atoms with Crippen LogP contribution in [0.3, 0.4) is 0 Å². The van der Waals surface area contributed by atoms with Crippen LogP contribution in [0.5, 0.6) is 0 Å². The van der Waals surface area contributed by atoms with Crippen LogP contribution in [0.15, 0.2) is 24.4 Å². The van der Waals surface area contributed by atoms with Gasteiger partial charge in [-0.25, -0.2) is 0 Å². The zero-order valence-electron chi connectivity index (χ0n) is 15.9. The average molecular weight is 433 g/mol. The lowest BCUT2D eigenvalue weighted by Crippen LogP contribution is -2.49. The number of nitrogens with one attached hydrogen (secondary N) is 2. The number of nitrogens with zero attached hydrogens (tertiary/aromatic N) is 4. The molecule has 2 aromatic rings. The molecular weight excluding hydrogens is 411 g/mol. The minimum atomic E-state index is -0.720. The van der Waals surface area contributed by atoms with Gasteiger partial charge in [-0.2, -0.15) is 20.3 Å². The molecule has 0 radical (unpaired) electrons. The van der Waals surface area contributed by atoms with Crippen LogP contribution in [0.2, 0.25) is 10.0 Å². The fourth-order valence-electron chi connectivity index (χ4n) is 3.28. The Hall–Kier alpha value is -2.14. The molecule has 0 bridgehead atoms. The van der Waals surface area contributed by atoms with E-state index in [0.29, 0.717) is 41.9 Å². The maximum Gasteiger partial charge on any atom is 0.238 e. The first-order chi connectivity index (χ1) is 14.0. The van der Waals surface area contributed by atoms with Crippen LogP contribution < -0.4 is 10.6 Å². The zero-order chi connectivity index (χ0) is 20.4. The standard InChI is InChI=1S/C20H22Cl2N6O/c21-16-5-4-13(8-17(16)22)9-18(19(29)26-20(12-23)6-7-20)24-10-14-11-25-28(27-14)15-2-1-3-15/h4-5,8,11,15,18,24H,1-3,6-7,9-10H2,(H,26,29)/t18-/m0/s1. The molecule has 0 unspecified atom stereocenters. The number of benzene rings is 1. The van der Waals surface area contributed by atoms with E-state index < -0.39 is 11.6 Å². The first kappa shape index (κ1) is 20.1. The van der Waals surface area contributed by atoms with Gasteiger partial charge < -0.3 is 5.32 Å². The van der Waals surface area contributed by atoms with E-state index in [1.165, 1.54) is 6.42 Å². The number of hydrogen-bond acceptors (Lipinski definition) is 5. The van der Waals surface area contributed by atoms with Gasteiger partial charge in [0.15, 0.2) is 0 Å². The van der Waals surface area contributed by atoms with Crippen molar-refractivity contribution in [3.8, 4) is 6.07 Å². The highest BCUT2D eigenvalue weighted by atomic mass is 35.5.